The van der Waals surface area contributed by atoms with Crippen LogP contribution >= 0.6 is 0 Å². The van der Waals surface area contributed by atoms with Gasteiger partial charge in [0.15, 0.2) is 0 Å². The SMILES string of the molecule is CC(=O)O.N.O.O.O.[H-].[Na+]. The molecule has 0 fully saturated rings. The topological polar surface area (TPSA) is 167 Å². The monoisotopic (exact) mass is 155 g/mol. The van der Waals surface area contributed by atoms with Gasteiger partial charge in [-0.1, -0.05) is 0 Å². The predicted octanol–water partition coefficient (Wildman–Crippen LogP) is -5.10. The largest absolute Gasteiger partial charge is 1.00 e. The molecule has 0 rings (SSSR count). The molecular formula is C2H14NNaO5. The molecule has 0 bridgehead atoms. The number of carboxylic acids is 1. The van der Waals surface area contributed by atoms with E-state index >= 15 is 0 Å². The first kappa shape index (κ1) is 58.7. The van der Waals surface area contributed by atoms with Gasteiger partial charge in [0.05, 0.1) is 0 Å². The molecule has 10 N–H and O–H groups in total. The molecule has 0 unspecified atom stereocenters. The van der Waals surface area contributed by atoms with Crippen LogP contribution in [0.3, 0.4) is 0 Å². The summed E-state index contributed by atoms with van der Waals surface area (Å²) < 4.78 is 0. The van der Waals surface area contributed by atoms with E-state index in [0.717, 1.165) is 6.92 Å². The first-order valence-electron chi connectivity index (χ1n) is 0.928. The van der Waals surface area contributed by atoms with E-state index in [1.54, 1.807) is 0 Å². The van der Waals surface area contributed by atoms with E-state index in [-0.39, 0.29) is 53.6 Å². The molecule has 0 aliphatic heterocycles. The molecule has 0 aromatic heterocycles. The van der Waals surface area contributed by atoms with Gasteiger partial charge in [0.2, 0.25) is 0 Å². The first-order valence-corrected chi connectivity index (χ1v) is 0.928. The van der Waals surface area contributed by atoms with Crippen molar-refractivity contribution < 1.29 is 57.3 Å². The summed E-state index contributed by atoms with van der Waals surface area (Å²) in [5.74, 6) is -0.833. The van der Waals surface area contributed by atoms with E-state index < -0.39 is 5.97 Å². The van der Waals surface area contributed by atoms with Crippen LogP contribution in [0.15, 0.2) is 0 Å². The van der Waals surface area contributed by atoms with Gasteiger partial charge in [-0.25, -0.2) is 0 Å². The van der Waals surface area contributed by atoms with Crippen LogP contribution in [0.2, 0.25) is 0 Å². The Morgan fingerprint density at radius 3 is 1.33 bits per heavy atom. The van der Waals surface area contributed by atoms with Gasteiger partial charge < -0.3 is 29.1 Å². The van der Waals surface area contributed by atoms with Crippen LogP contribution in [0.4, 0.5) is 0 Å². The molecule has 58 valence electrons. The quantitative estimate of drug-likeness (QED) is 0.334. The third kappa shape index (κ3) is 3440. The van der Waals surface area contributed by atoms with Crippen molar-refractivity contribution in [3.8, 4) is 0 Å². The molecule has 0 spiro atoms. The van der Waals surface area contributed by atoms with E-state index in [9.17, 15) is 0 Å². The third-order valence-corrected chi connectivity index (χ3v) is 0. The van der Waals surface area contributed by atoms with Gasteiger partial charge in [-0.05, 0) is 0 Å². The van der Waals surface area contributed by atoms with Gasteiger partial charge in [-0.2, -0.15) is 0 Å². The number of carbonyl (C=O) groups is 1. The molecule has 0 aromatic carbocycles. The fourth-order valence-corrected chi connectivity index (χ4v) is 0. The van der Waals surface area contributed by atoms with E-state index in [2.05, 4.69) is 0 Å². The zero-order valence-electron chi connectivity index (χ0n) is 6.56. The van der Waals surface area contributed by atoms with Crippen molar-refractivity contribution in [1.29, 1.82) is 0 Å². The molecular weight excluding hydrogens is 141 g/mol. The van der Waals surface area contributed by atoms with Gasteiger partial charge in [0.25, 0.3) is 5.97 Å². The second kappa shape index (κ2) is 40.5. The summed E-state index contributed by atoms with van der Waals surface area (Å²) in [6.45, 7) is 1.08. The summed E-state index contributed by atoms with van der Waals surface area (Å²) in [4.78, 5) is 9.00. The Morgan fingerprint density at radius 2 is 1.33 bits per heavy atom. The Hall–Kier alpha value is 0.310. The van der Waals surface area contributed by atoms with Crippen molar-refractivity contribution >= 4 is 5.97 Å². The molecule has 7 heteroatoms. The van der Waals surface area contributed by atoms with Crippen molar-refractivity contribution in [1.82, 2.24) is 6.15 Å². The summed E-state index contributed by atoms with van der Waals surface area (Å²) in [6.07, 6.45) is 0. The minimum atomic E-state index is -0.833. The molecule has 0 aliphatic rings. The Morgan fingerprint density at radius 1 is 1.33 bits per heavy atom. The maximum atomic E-state index is 9.00. The van der Waals surface area contributed by atoms with Gasteiger partial charge in [-0.15, -0.1) is 0 Å². The number of carboxylic acid groups (broad SMARTS) is 1. The summed E-state index contributed by atoms with van der Waals surface area (Å²) in [6, 6.07) is 0. The molecule has 0 amide bonds. The Labute approximate surface area is 76.5 Å². The fraction of sp³-hybridized carbons (Fsp3) is 0.500. The van der Waals surface area contributed by atoms with E-state index in [1.165, 1.54) is 0 Å². The Bertz CT molecular complexity index is 42.6. The van der Waals surface area contributed by atoms with Crippen LogP contribution in [-0.4, -0.2) is 27.5 Å². The van der Waals surface area contributed by atoms with Gasteiger partial charge in [0.1, 0.15) is 0 Å². The average Bonchev–Trinajstić information content (AvgIpc) is 0.811. The van der Waals surface area contributed by atoms with Crippen molar-refractivity contribution in [2.45, 2.75) is 6.92 Å². The van der Waals surface area contributed by atoms with Crippen LogP contribution in [0.5, 0.6) is 0 Å². The molecule has 0 radical (unpaired) electrons. The Kier molecular flexibility index (Phi) is 264. The zero-order valence-corrected chi connectivity index (χ0v) is 7.56. The molecule has 0 heterocycles. The molecule has 0 atom stereocenters. The third-order valence-electron chi connectivity index (χ3n) is 0. The maximum absolute atomic E-state index is 9.00. The van der Waals surface area contributed by atoms with Crippen molar-refractivity contribution in [3.05, 3.63) is 0 Å². The van der Waals surface area contributed by atoms with Crippen molar-refractivity contribution in [2.24, 2.45) is 0 Å². The van der Waals surface area contributed by atoms with Gasteiger partial charge in [0, 0.05) is 6.92 Å². The average molecular weight is 155 g/mol. The van der Waals surface area contributed by atoms with E-state index in [1.807, 2.05) is 0 Å². The number of hydrogen-bond donors (Lipinski definition) is 2. The molecule has 9 heavy (non-hydrogen) atoms. The molecule has 0 aromatic rings. The van der Waals surface area contributed by atoms with Crippen LogP contribution in [-0.2, 0) is 4.79 Å². The summed E-state index contributed by atoms with van der Waals surface area (Å²) in [5.41, 5.74) is 0. The summed E-state index contributed by atoms with van der Waals surface area (Å²) in [7, 11) is 0. The fourth-order valence-electron chi connectivity index (χ4n) is 0. The predicted molar refractivity (Wildman–Crippen MR) is 30.3 cm³/mol. The first-order chi connectivity index (χ1) is 1.73. The normalized spacial score (nSPS) is 2.78. The second-order valence-electron chi connectivity index (χ2n) is 0.519. The van der Waals surface area contributed by atoms with Crippen LogP contribution in [0, 0.1) is 0 Å². The molecule has 0 saturated heterocycles. The Balaban J connectivity index is -0.00000000300. The van der Waals surface area contributed by atoms with Crippen molar-refractivity contribution in [2.75, 3.05) is 0 Å². The van der Waals surface area contributed by atoms with Crippen LogP contribution in [0.25, 0.3) is 0 Å². The molecule has 0 saturated carbocycles. The van der Waals surface area contributed by atoms with E-state index in [4.69, 9.17) is 9.90 Å². The summed E-state index contributed by atoms with van der Waals surface area (Å²) in [5, 5.41) is 7.42. The molecule has 6 nitrogen and oxygen atoms in total. The van der Waals surface area contributed by atoms with Crippen LogP contribution in [0.1, 0.15) is 8.35 Å². The summed E-state index contributed by atoms with van der Waals surface area (Å²) >= 11 is 0. The number of aliphatic carboxylic acids is 1. The standard InChI is InChI=1S/C2H4O2.H3N.Na.3H2O.H/c1-2(3)4;;;;;;/h1H3,(H,3,4);1H3;;3*1H2;/q;;+1;;;;-1. The van der Waals surface area contributed by atoms with Gasteiger partial charge in [-0.3, -0.25) is 4.79 Å². The van der Waals surface area contributed by atoms with Crippen molar-refractivity contribution in [3.63, 3.8) is 0 Å². The van der Waals surface area contributed by atoms with E-state index in [0.29, 0.717) is 0 Å². The molecule has 0 aliphatic carbocycles. The second-order valence-corrected chi connectivity index (χ2v) is 0.519. The number of rotatable bonds is 0. The smallest absolute Gasteiger partial charge is 1.00 e. The van der Waals surface area contributed by atoms with Crippen LogP contribution < -0.4 is 35.7 Å². The maximum Gasteiger partial charge on any atom is 1.00 e. The minimum Gasteiger partial charge on any atom is -1.00 e. The number of hydrogen-bond acceptors (Lipinski definition) is 2. The zero-order chi connectivity index (χ0) is 3.58. The van der Waals surface area contributed by atoms with Gasteiger partial charge >= 0.3 is 29.6 Å². The minimum absolute atomic E-state index is 0.